The average molecular weight is 241 g/mol. The lowest BCUT2D eigenvalue weighted by atomic mass is 10.2. The van der Waals surface area contributed by atoms with Gasteiger partial charge in [0, 0.05) is 11.8 Å². The Hall–Kier alpha value is -2.56. The van der Waals surface area contributed by atoms with Crippen molar-refractivity contribution < 1.29 is 9.21 Å². The van der Waals surface area contributed by atoms with Crippen molar-refractivity contribution in [2.24, 2.45) is 0 Å². The maximum atomic E-state index is 11.9. The number of pyridine rings is 1. The number of carbonyl (C=O) groups excluding carboxylic acids is 1. The lowest BCUT2D eigenvalue weighted by Gasteiger charge is -2.03. The van der Waals surface area contributed by atoms with Crippen LogP contribution in [0.25, 0.3) is 5.52 Å². The number of nitrogens with one attached hydrogen (secondary N) is 1. The molecule has 3 heterocycles. The third-order valence-corrected chi connectivity index (χ3v) is 2.68. The van der Waals surface area contributed by atoms with E-state index in [2.05, 4.69) is 10.3 Å². The third-order valence-electron chi connectivity index (χ3n) is 2.68. The van der Waals surface area contributed by atoms with Crippen LogP contribution in [0.3, 0.4) is 0 Å². The Morgan fingerprint density at radius 1 is 1.44 bits per heavy atom. The number of fused-ring (bicyclic) bond motifs is 1. The van der Waals surface area contributed by atoms with E-state index in [0.717, 1.165) is 11.3 Å². The maximum absolute atomic E-state index is 11.9. The number of rotatable bonds is 3. The number of furan rings is 1. The molecular formula is C13H11N3O2. The quantitative estimate of drug-likeness (QED) is 0.761. The normalized spacial score (nSPS) is 10.7. The standard InChI is InChI=1S/C13H11N3O2/c17-13(15-8-12-2-1-5-18-12)10-3-4-16-9-14-7-11(16)6-10/h1-7,9H,8H2,(H,15,17). The molecule has 0 atom stereocenters. The Bertz CT molecular complexity index is 670. The van der Waals surface area contributed by atoms with Crippen LogP contribution in [-0.2, 0) is 6.54 Å². The molecule has 90 valence electrons. The van der Waals surface area contributed by atoms with Gasteiger partial charge in [0.05, 0.1) is 30.8 Å². The van der Waals surface area contributed by atoms with Crippen molar-refractivity contribution in [3.63, 3.8) is 0 Å². The molecule has 0 saturated carbocycles. The Morgan fingerprint density at radius 2 is 2.39 bits per heavy atom. The van der Waals surface area contributed by atoms with Gasteiger partial charge < -0.3 is 14.1 Å². The lowest BCUT2D eigenvalue weighted by molar-refractivity contribution is 0.0948. The Labute approximate surface area is 103 Å². The van der Waals surface area contributed by atoms with Crippen molar-refractivity contribution in [3.8, 4) is 0 Å². The Balaban J connectivity index is 1.75. The topological polar surface area (TPSA) is 59.5 Å². The highest BCUT2D eigenvalue weighted by molar-refractivity contribution is 5.95. The van der Waals surface area contributed by atoms with Crippen LogP contribution < -0.4 is 5.32 Å². The van der Waals surface area contributed by atoms with E-state index in [-0.39, 0.29) is 5.91 Å². The van der Waals surface area contributed by atoms with E-state index in [0.29, 0.717) is 12.1 Å². The van der Waals surface area contributed by atoms with Gasteiger partial charge in [0.25, 0.3) is 5.91 Å². The molecule has 0 radical (unpaired) electrons. The van der Waals surface area contributed by atoms with Crippen LogP contribution in [-0.4, -0.2) is 15.3 Å². The predicted octanol–water partition coefficient (Wildman–Crippen LogP) is 1.86. The van der Waals surface area contributed by atoms with Crippen LogP contribution in [0.1, 0.15) is 16.1 Å². The number of imidazole rings is 1. The number of carbonyl (C=O) groups is 1. The molecule has 3 aromatic rings. The van der Waals surface area contributed by atoms with E-state index in [1.54, 1.807) is 37.0 Å². The first-order valence-corrected chi connectivity index (χ1v) is 5.55. The first-order chi connectivity index (χ1) is 8.83. The second kappa shape index (κ2) is 4.37. The summed E-state index contributed by atoms with van der Waals surface area (Å²) in [7, 11) is 0. The molecule has 0 aliphatic carbocycles. The molecule has 0 spiro atoms. The Morgan fingerprint density at radius 3 is 3.22 bits per heavy atom. The summed E-state index contributed by atoms with van der Waals surface area (Å²) in [6.07, 6.45) is 6.80. The van der Waals surface area contributed by atoms with Crippen LogP contribution in [0.4, 0.5) is 0 Å². The maximum Gasteiger partial charge on any atom is 0.251 e. The van der Waals surface area contributed by atoms with Crippen LogP contribution in [0.5, 0.6) is 0 Å². The second-order valence-corrected chi connectivity index (χ2v) is 3.90. The van der Waals surface area contributed by atoms with Crippen molar-refractivity contribution >= 4 is 11.4 Å². The van der Waals surface area contributed by atoms with Gasteiger partial charge in [-0.3, -0.25) is 4.79 Å². The SMILES string of the molecule is O=C(NCc1ccco1)c1ccn2cncc2c1. The highest BCUT2D eigenvalue weighted by atomic mass is 16.3. The smallest absolute Gasteiger partial charge is 0.251 e. The van der Waals surface area contributed by atoms with Crippen molar-refractivity contribution in [2.45, 2.75) is 6.54 Å². The second-order valence-electron chi connectivity index (χ2n) is 3.90. The summed E-state index contributed by atoms with van der Waals surface area (Å²) in [4.78, 5) is 15.9. The molecule has 3 rings (SSSR count). The fraction of sp³-hybridized carbons (Fsp3) is 0.0769. The van der Waals surface area contributed by atoms with E-state index >= 15 is 0 Å². The van der Waals surface area contributed by atoms with Crippen LogP contribution >= 0.6 is 0 Å². The first-order valence-electron chi connectivity index (χ1n) is 5.55. The molecule has 0 aromatic carbocycles. The number of hydrogen-bond donors (Lipinski definition) is 1. The minimum atomic E-state index is -0.130. The van der Waals surface area contributed by atoms with Crippen molar-refractivity contribution in [1.82, 2.24) is 14.7 Å². The average Bonchev–Trinajstić information content (AvgIpc) is 3.05. The van der Waals surface area contributed by atoms with Gasteiger partial charge in [-0.1, -0.05) is 0 Å². The van der Waals surface area contributed by atoms with E-state index < -0.39 is 0 Å². The summed E-state index contributed by atoms with van der Waals surface area (Å²) in [5.74, 6) is 0.601. The molecule has 0 bridgehead atoms. The number of aromatic nitrogens is 2. The van der Waals surface area contributed by atoms with Gasteiger partial charge in [-0.05, 0) is 24.3 Å². The molecule has 0 fully saturated rings. The van der Waals surface area contributed by atoms with Gasteiger partial charge in [0.1, 0.15) is 5.76 Å². The van der Waals surface area contributed by atoms with Crippen molar-refractivity contribution in [3.05, 3.63) is 60.6 Å². The molecular weight excluding hydrogens is 230 g/mol. The monoisotopic (exact) mass is 241 g/mol. The minimum Gasteiger partial charge on any atom is -0.467 e. The molecule has 1 amide bonds. The zero-order chi connectivity index (χ0) is 12.4. The molecule has 3 aromatic heterocycles. The molecule has 18 heavy (non-hydrogen) atoms. The van der Waals surface area contributed by atoms with Crippen molar-refractivity contribution in [1.29, 1.82) is 0 Å². The summed E-state index contributed by atoms with van der Waals surface area (Å²) >= 11 is 0. The highest BCUT2D eigenvalue weighted by Gasteiger charge is 2.07. The van der Waals surface area contributed by atoms with Gasteiger partial charge in [0.2, 0.25) is 0 Å². The van der Waals surface area contributed by atoms with Gasteiger partial charge in [-0.15, -0.1) is 0 Å². The first kappa shape index (κ1) is 10.6. The van der Waals surface area contributed by atoms with Crippen LogP contribution in [0.15, 0.2) is 53.7 Å². The largest absolute Gasteiger partial charge is 0.467 e. The summed E-state index contributed by atoms with van der Waals surface area (Å²) in [5.41, 5.74) is 1.50. The van der Waals surface area contributed by atoms with Gasteiger partial charge >= 0.3 is 0 Å². The number of amides is 1. The summed E-state index contributed by atoms with van der Waals surface area (Å²) in [6.45, 7) is 0.385. The molecule has 1 N–H and O–H groups in total. The fourth-order valence-electron chi connectivity index (χ4n) is 1.74. The van der Waals surface area contributed by atoms with Gasteiger partial charge in [-0.2, -0.15) is 0 Å². The Kier molecular flexibility index (Phi) is 2.57. The summed E-state index contributed by atoms with van der Waals surface area (Å²) in [6, 6.07) is 7.16. The zero-order valence-corrected chi connectivity index (χ0v) is 9.54. The molecule has 0 aliphatic heterocycles. The third kappa shape index (κ3) is 1.98. The number of nitrogens with zero attached hydrogens (tertiary/aromatic N) is 2. The molecule has 5 heteroatoms. The highest BCUT2D eigenvalue weighted by Crippen LogP contribution is 2.07. The van der Waals surface area contributed by atoms with E-state index in [4.69, 9.17) is 4.42 Å². The predicted molar refractivity (Wildman–Crippen MR) is 65.1 cm³/mol. The van der Waals surface area contributed by atoms with Crippen LogP contribution in [0.2, 0.25) is 0 Å². The van der Waals surface area contributed by atoms with Crippen LogP contribution in [0, 0.1) is 0 Å². The van der Waals surface area contributed by atoms with Gasteiger partial charge in [-0.25, -0.2) is 4.98 Å². The number of hydrogen-bond acceptors (Lipinski definition) is 3. The molecule has 0 aliphatic rings. The molecule has 5 nitrogen and oxygen atoms in total. The fourth-order valence-corrected chi connectivity index (χ4v) is 1.74. The summed E-state index contributed by atoms with van der Waals surface area (Å²) in [5, 5.41) is 2.80. The van der Waals surface area contributed by atoms with E-state index in [1.165, 1.54) is 0 Å². The minimum absolute atomic E-state index is 0.130. The summed E-state index contributed by atoms with van der Waals surface area (Å²) < 4.78 is 7.00. The van der Waals surface area contributed by atoms with E-state index in [9.17, 15) is 4.79 Å². The molecule has 0 unspecified atom stereocenters. The van der Waals surface area contributed by atoms with Gasteiger partial charge in [0.15, 0.2) is 0 Å². The molecule has 0 saturated heterocycles. The lowest BCUT2D eigenvalue weighted by Crippen LogP contribution is -2.22. The zero-order valence-electron chi connectivity index (χ0n) is 9.54. The van der Waals surface area contributed by atoms with Crippen molar-refractivity contribution in [2.75, 3.05) is 0 Å². The van der Waals surface area contributed by atoms with E-state index in [1.807, 2.05) is 16.7 Å².